The van der Waals surface area contributed by atoms with Gasteiger partial charge in [0.1, 0.15) is 5.69 Å². The van der Waals surface area contributed by atoms with E-state index in [0.29, 0.717) is 18.8 Å². The van der Waals surface area contributed by atoms with Crippen LogP contribution in [0.2, 0.25) is 0 Å². The maximum absolute atomic E-state index is 11.1. The first-order chi connectivity index (χ1) is 10.0. The molecule has 0 spiro atoms. The lowest BCUT2D eigenvalue weighted by Crippen LogP contribution is -2.04. The third-order valence-corrected chi connectivity index (χ3v) is 3.31. The fraction of sp³-hybridized carbons (Fsp3) is 0.357. The fourth-order valence-electron chi connectivity index (χ4n) is 2.01. The highest BCUT2D eigenvalue weighted by Gasteiger charge is 2.15. The van der Waals surface area contributed by atoms with Crippen molar-refractivity contribution in [3.8, 4) is 0 Å². The molecule has 0 unspecified atom stereocenters. The van der Waals surface area contributed by atoms with E-state index in [-0.39, 0.29) is 17.2 Å². The average Bonchev–Trinajstić information content (AvgIpc) is 2.87. The SMILES string of the molecule is Cc1cc(NCc2cnn(CCO)c2)c([N+](=O)[O-])cc1C. The van der Waals surface area contributed by atoms with Crippen LogP contribution in [0.5, 0.6) is 0 Å². The number of hydrogen-bond donors (Lipinski definition) is 2. The predicted molar refractivity (Wildman–Crippen MR) is 79.2 cm³/mol. The number of anilines is 1. The van der Waals surface area contributed by atoms with Crippen molar-refractivity contribution < 1.29 is 10.0 Å². The summed E-state index contributed by atoms with van der Waals surface area (Å²) in [5.41, 5.74) is 3.36. The van der Waals surface area contributed by atoms with E-state index in [1.165, 1.54) is 0 Å². The Balaban J connectivity index is 2.15. The van der Waals surface area contributed by atoms with Crippen molar-refractivity contribution >= 4 is 11.4 Å². The summed E-state index contributed by atoms with van der Waals surface area (Å²) in [6, 6.07) is 3.36. The smallest absolute Gasteiger partial charge is 0.292 e. The van der Waals surface area contributed by atoms with E-state index in [9.17, 15) is 10.1 Å². The lowest BCUT2D eigenvalue weighted by molar-refractivity contribution is -0.384. The van der Waals surface area contributed by atoms with Crippen LogP contribution < -0.4 is 5.32 Å². The van der Waals surface area contributed by atoms with Crippen LogP contribution in [0.15, 0.2) is 24.5 Å². The Hall–Kier alpha value is -2.41. The van der Waals surface area contributed by atoms with Gasteiger partial charge in [0.25, 0.3) is 5.69 Å². The molecule has 1 aromatic heterocycles. The number of nitrogens with zero attached hydrogens (tertiary/aromatic N) is 3. The summed E-state index contributed by atoms with van der Waals surface area (Å²) in [6.07, 6.45) is 3.48. The lowest BCUT2D eigenvalue weighted by atomic mass is 10.1. The van der Waals surface area contributed by atoms with E-state index < -0.39 is 0 Å². The van der Waals surface area contributed by atoms with Gasteiger partial charge in [-0.25, -0.2) is 0 Å². The quantitative estimate of drug-likeness (QED) is 0.627. The van der Waals surface area contributed by atoms with Gasteiger partial charge >= 0.3 is 0 Å². The molecule has 0 aliphatic carbocycles. The molecule has 0 amide bonds. The van der Waals surface area contributed by atoms with Gasteiger partial charge in [0.2, 0.25) is 0 Å². The molecule has 0 aliphatic heterocycles. The van der Waals surface area contributed by atoms with E-state index >= 15 is 0 Å². The van der Waals surface area contributed by atoms with Crippen LogP contribution in [0.1, 0.15) is 16.7 Å². The monoisotopic (exact) mass is 290 g/mol. The first-order valence-corrected chi connectivity index (χ1v) is 6.63. The van der Waals surface area contributed by atoms with Gasteiger partial charge in [-0.05, 0) is 31.0 Å². The second-order valence-electron chi connectivity index (χ2n) is 4.90. The molecule has 112 valence electrons. The van der Waals surface area contributed by atoms with Crippen LogP contribution in [-0.2, 0) is 13.1 Å². The molecule has 1 heterocycles. The van der Waals surface area contributed by atoms with E-state index in [1.807, 2.05) is 13.8 Å². The van der Waals surface area contributed by atoms with Gasteiger partial charge < -0.3 is 10.4 Å². The number of nitrogens with one attached hydrogen (secondary N) is 1. The molecule has 0 bridgehead atoms. The fourth-order valence-corrected chi connectivity index (χ4v) is 2.01. The Morgan fingerprint density at radius 1 is 1.38 bits per heavy atom. The Kier molecular flexibility index (Phi) is 4.54. The second-order valence-corrected chi connectivity index (χ2v) is 4.90. The topological polar surface area (TPSA) is 93.2 Å². The summed E-state index contributed by atoms with van der Waals surface area (Å²) in [6.45, 7) is 4.67. The highest BCUT2D eigenvalue weighted by Crippen LogP contribution is 2.28. The number of aromatic nitrogens is 2. The normalized spacial score (nSPS) is 10.6. The highest BCUT2D eigenvalue weighted by atomic mass is 16.6. The molecule has 0 radical (unpaired) electrons. The van der Waals surface area contributed by atoms with Crippen molar-refractivity contribution in [1.29, 1.82) is 0 Å². The average molecular weight is 290 g/mol. The van der Waals surface area contributed by atoms with Gasteiger partial charge in [-0.3, -0.25) is 14.8 Å². The van der Waals surface area contributed by atoms with Gasteiger partial charge in [-0.2, -0.15) is 5.10 Å². The van der Waals surface area contributed by atoms with Crippen LogP contribution >= 0.6 is 0 Å². The molecule has 7 heteroatoms. The first-order valence-electron chi connectivity index (χ1n) is 6.63. The molecule has 2 rings (SSSR count). The number of nitro benzene ring substituents is 1. The molecule has 2 aromatic rings. The molecule has 2 N–H and O–H groups in total. The Morgan fingerprint density at radius 3 is 2.76 bits per heavy atom. The van der Waals surface area contributed by atoms with Gasteiger partial charge in [-0.1, -0.05) is 0 Å². The number of hydrogen-bond acceptors (Lipinski definition) is 5. The minimum Gasteiger partial charge on any atom is -0.394 e. The van der Waals surface area contributed by atoms with E-state index in [4.69, 9.17) is 5.11 Å². The van der Waals surface area contributed by atoms with Crippen LogP contribution in [-0.4, -0.2) is 26.4 Å². The maximum Gasteiger partial charge on any atom is 0.292 e. The highest BCUT2D eigenvalue weighted by molar-refractivity contribution is 5.64. The molecule has 0 saturated heterocycles. The minimum atomic E-state index is -0.385. The molecule has 21 heavy (non-hydrogen) atoms. The summed E-state index contributed by atoms with van der Waals surface area (Å²) in [4.78, 5) is 10.7. The molecule has 0 fully saturated rings. The van der Waals surface area contributed by atoms with Crippen LogP contribution in [0.25, 0.3) is 0 Å². The van der Waals surface area contributed by atoms with Crippen molar-refractivity contribution in [2.75, 3.05) is 11.9 Å². The van der Waals surface area contributed by atoms with Crippen molar-refractivity contribution in [2.24, 2.45) is 0 Å². The molecular weight excluding hydrogens is 272 g/mol. The molecule has 0 aliphatic rings. The van der Waals surface area contributed by atoms with E-state index in [1.54, 1.807) is 29.2 Å². The number of aliphatic hydroxyl groups is 1. The largest absolute Gasteiger partial charge is 0.394 e. The predicted octanol–water partition coefficient (Wildman–Crippen LogP) is 2.01. The second kappa shape index (κ2) is 6.36. The van der Waals surface area contributed by atoms with E-state index in [0.717, 1.165) is 16.7 Å². The van der Waals surface area contributed by atoms with Gasteiger partial charge in [0.05, 0.1) is 24.3 Å². The summed E-state index contributed by atoms with van der Waals surface area (Å²) < 4.78 is 1.63. The first kappa shape index (κ1) is 15.0. The molecule has 7 nitrogen and oxygen atoms in total. The van der Waals surface area contributed by atoms with Gasteiger partial charge in [-0.15, -0.1) is 0 Å². The number of rotatable bonds is 6. The minimum absolute atomic E-state index is 0.0250. The summed E-state index contributed by atoms with van der Waals surface area (Å²) in [5.74, 6) is 0. The number of benzene rings is 1. The van der Waals surface area contributed by atoms with Crippen LogP contribution in [0.4, 0.5) is 11.4 Å². The maximum atomic E-state index is 11.1. The molecule has 0 atom stereocenters. The lowest BCUT2D eigenvalue weighted by Gasteiger charge is -2.09. The Bertz CT molecular complexity index is 652. The number of aliphatic hydroxyl groups excluding tert-OH is 1. The zero-order chi connectivity index (χ0) is 15.4. The number of aryl methyl sites for hydroxylation is 2. The standard InChI is InChI=1S/C14H18N4O3/c1-10-5-13(14(18(20)21)6-11(10)2)15-7-12-8-16-17(9-12)3-4-19/h5-6,8-9,15,19H,3-4,7H2,1-2H3. The van der Waals surface area contributed by atoms with Crippen molar-refractivity contribution in [3.05, 3.63) is 51.3 Å². The van der Waals surface area contributed by atoms with Crippen molar-refractivity contribution in [3.63, 3.8) is 0 Å². The van der Waals surface area contributed by atoms with Gasteiger partial charge in [0.15, 0.2) is 0 Å². The van der Waals surface area contributed by atoms with Gasteiger partial charge in [0, 0.05) is 24.4 Å². The Labute approximate surface area is 122 Å². The van der Waals surface area contributed by atoms with E-state index in [2.05, 4.69) is 10.4 Å². The molecule has 0 saturated carbocycles. The number of nitro groups is 1. The zero-order valence-electron chi connectivity index (χ0n) is 12.0. The summed E-state index contributed by atoms with van der Waals surface area (Å²) >= 11 is 0. The summed E-state index contributed by atoms with van der Waals surface area (Å²) in [5, 5.41) is 27.1. The van der Waals surface area contributed by atoms with Crippen molar-refractivity contribution in [1.82, 2.24) is 9.78 Å². The zero-order valence-corrected chi connectivity index (χ0v) is 12.0. The third kappa shape index (κ3) is 3.57. The summed E-state index contributed by atoms with van der Waals surface area (Å²) in [7, 11) is 0. The van der Waals surface area contributed by atoms with Crippen molar-refractivity contribution in [2.45, 2.75) is 26.9 Å². The molecular formula is C14H18N4O3. The Morgan fingerprint density at radius 2 is 2.10 bits per heavy atom. The van der Waals surface area contributed by atoms with Crippen LogP contribution in [0, 0.1) is 24.0 Å². The molecule has 1 aromatic carbocycles. The van der Waals surface area contributed by atoms with Crippen LogP contribution in [0.3, 0.4) is 0 Å². The third-order valence-electron chi connectivity index (χ3n) is 3.31.